The Bertz CT molecular complexity index is 508. The molecule has 0 fully saturated rings. The van der Waals surface area contributed by atoms with Crippen molar-refractivity contribution in [2.45, 2.75) is 13.0 Å². The summed E-state index contributed by atoms with van der Waals surface area (Å²) >= 11 is 0. The molecule has 3 heteroatoms. The lowest BCUT2D eigenvalue weighted by molar-refractivity contribution is 0.290. The van der Waals surface area contributed by atoms with Crippen LogP contribution in [0.3, 0.4) is 0 Å². The number of phenols is 1. The summed E-state index contributed by atoms with van der Waals surface area (Å²) in [6.07, 6.45) is 0. The van der Waals surface area contributed by atoms with E-state index in [1.165, 1.54) is 5.56 Å². The Morgan fingerprint density at radius 3 is 2.44 bits per heavy atom. The van der Waals surface area contributed by atoms with Crippen LogP contribution in [0.2, 0.25) is 0 Å². The van der Waals surface area contributed by atoms with Gasteiger partial charge in [-0.3, -0.25) is 0 Å². The zero-order valence-corrected chi connectivity index (χ0v) is 10.3. The maximum Gasteiger partial charge on any atom is 0.119 e. The van der Waals surface area contributed by atoms with Gasteiger partial charge in [0, 0.05) is 0 Å². The van der Waals surface area contributed by atoms with Gasteiger partial charge in [-0.1, -0.05) is 24.3 Å². The Morgan fingerprint density at radius 2 is 1.78 bits per heavy atom. The molecule has 1 unspecified atom stereocenters. The van der Waals surface area contributed by atoms with E-state index in [4.69, 9.17) is 15.6 Å². The Hall–Kier alpha value is -2.00. The van der Waals surface area contributed by atoms with Gasteiger partial charge in [-0.25, -0.2) is 0 Å². The first-order valence-corrected chi connectivity index (χ1v) is 5.90. The normalized spacial score (nSPS) is 12.1. The summed E-state index contributed by atoms with van der Waals surface area (Å²) in [6, 6.07) is 14.5. The van der Waals surface area contributed by atoms with E-state index >= 15 is 0 Å². The van der Waals surface area contributed by atoms with Crippen molar-refractivity contribution in [1.82, 2.24) is 0 Å². The molecule has 1 atom stereocenters. The van der Waals surface area contributed by atoms with Crippen molar-refractivity contribution in [3.63, 3.8) is 0 Å². The number of hydrogen-bond acceptors (Lipinski definition) is 3. The van der Waals surface area contributed by atoms with Gasteiger partial charge in [-0.15, -0.1) is 0 Å². The number of rotatable bonds is 4. The second-order valence-corrected chi connectivity index (χ2v) is 4.27. The first-order chi connectivity index (χ1) is 8.66. The Labute approximate surface area is 107 Å². The molecule has 0 saturated carbocycles. The predicted molar refractivity (Wildman–Crippen MR) is 71.7 cm³/mol. The molecule has 18 heavy (non-hydrogen) atoms. The zero-order chi connectivity index (χ0) is 13.0. The highest BCUT2D eigenvalue weighted by Crippen LogP contribution is 2.19. The minimum atomic E-state index is -0.153. The Morgan fingerprint density at radius 1 is 1.11 bits per heavy atom. The molecular weight excluding hydrogens is 226 g/mol. The molecule has 0 amide bonds. The number of ether oxygens (including phenoxy) is 1. The minimum absolute atomic E-state index is 0.153. The molecular formula is C15H17NO2. The monoisotopic (exact) mass is 243 g/mol. The van der Waals surface area contributed by atoms with Gasteiger partial charge in [0.2, 0.25) is 0 Å². The number of benzene rings is 2. The van der Waals surface area contributed by atoms with Crippen molar-refractivity contribution in [3.05, 3.63) is 59.7 Å². The van der Waals surface area contributed by atoms with Crippen LogP contribution in [0.1, 0.15) is 17.2 Å². The van der Waals surface area contributed by atoms with Gasteiger partial charge < -0.3 is 15.6 Å². The van der Waals surface area contributed by atoms with Crippen LogP contribution < -0.4 is 10.5 Å². The van der Waals surface area contributed by atoms with E-state index in [2.05, 4.69) is 0 Å². The second kappa shape index (κ2) is 5.56. The van der Waals surface area contributed by atoms with Crippen LogP contribution >= 0.6 is 0 Å². The Kier molecular flexibility index (Phi) is 3.85. The standard InChI is InChI=1S/C15H17NO2/c1-11-4-2-3-5-14(11)15(16)10-18-13-8-6-12(17)7-9-13/h2-9,15,17H,10,16H2,1H3. The van der Waals surface area contributed by atoms with Crippen molar-refractivity contribution in [3.8, 4) is 11.5 Å². The van der Waals surface area contributed by atoms with Crippen molar-refractivity contribution in [2.75, 3.05) is 6.61 Å². The van der Waals surface area contributed by atoms with Gasteiger partial charge in [0.05, 0.1) is 6.04 Å². The lowest BCUT2D eigenvalue weighted by Crippen LogP contribution is -2.19. The zero-order valence-electron chi connectivity index (χ0n) is 10.3. The quantitative estimate of drug-likeness (QED) is 0.868. The van der Waals surface area contributed by atoms with Crippen LogP contribution in [-0.4, -0.2) is 11.7 Å². The fraction of sp³-hybridized carbons (Fsp3) is 0.200. The van der Waals surface area contributed by atoms with E-state index in [0.29, 0.717) is 12.4 Å². The molecule has 0 bridgehead atoms. The summed E-state index contributed by atoms with van der Waals surface area (Å²) in [7, 11) is 0. The number of phenolic OH excluding ortho intramolecular Hbond substituents is 1. The summed E-state index contributed by atoms with van der Waals surface area (Å²) < 4.78 is 5.60. The summed E-state index contributed by atoms with van der Waals surface area (Å²) in [5.74, 6) is 0.933. The van der Waals surface area contributed by atoms with E-state index in [1.54, 1.807) is 24.3 Å². The molecule has 0 heterocycles. The third kappa shape index (κ3) is 3.02. The van der Waals surface area contributed by atoms with Gasteiger partial charge in [0.15, 0.2) is 0 Å². The van der Waals surface area contributed by atoms with Crippen molar-refractivity contribution in [1.29, 1.82) is 0 Å². The summed E-state index contributed by atoms with van der Waals surface area (Å²) in [6.45, 7) is 2.45. The number of hydrogen-bond donors (Lipinski definition) is 2. The van der Waals surface area contributed by atoms with Crippen molar-refractivity contribution < 1.29 is 9.84 Å². The molecule has 2 aromatic carbocycles. The molecule has 0 saturated heterocycles. The maximum atomic E-state index is 9.17. The number of aromatic hydroxyl groups is 1. The van der Waals surface area contributed by atoms with Crippen molar-refractivity contribution in [2.24, 2.45) is 5.73 Å². The summed E-state index contributed by atoms with van der Waals surface area (Å²) in [4.78, 5) is 0. The van der Waals surface area contributed by atoms with E-state index in [1.807, 2.05) is 31.2 Å². The fourth-order valence-electron chi connectivity index (χ4n) is 1.82. The van der Waals surface area contributed by atoms with E-state index in [9.17, 15) is 0 Å². The van der Waals surface area contributed by atoms with Gasteiger partial charge in [-0.05, 0) is 42.3 Å². The molecule has 0 radical (unpaired) electrons. The third-order valence-corrected chi connectivity index (χ3v) is 2.85. The largest absolute Gasteiger partial charge is 0.508 e. The van der Waals surface area contributed by atoms with Gasteiger partial charge in [0.25, 0.3) is 0 Å². The molecule has 2 rings (SSSR count). The van der Waals surface area contributed by atoms with Gasteiger partial charge in [0.1, 0.15) is 18.1 Å². The molecule has 0 aliphatic heterocycles. The average Bonchev–Trinajstić information content (AvgIpc) is 2.38. The molecule has 0 aliphatic carbocycles. The first kappa shape index (κ1) is 12.5. The highest BCUT2D eigenvalue weighted by atomic mass is 16.5. The van der Waals surface area contributed by atoms with Crippen LogP contribution in [-0.2, 0) is 0 Å². The average molecular weight is 243 g/mol. The number of nitrogens with two attached hydrogens (primary N) is 1. The lowest BCUT2D eigenvalue weighted by atomic mass is 10.0. The van der Waals surface area contributed by atoms with Gasteiger partial charge >= 0.3 is 0 Å². The molecule has 0 aromatic heterocycles. The van der Waals surface area contributed by atoms with Crippen LogP contribution in [0.15, 0.2) is 48.5 Å². The van der Waals surface area contributed by atoms with Crippen LogP contribution in [0.25, 0.3) is 0 Å². The topological polar surface area (TPSA) is 55.5 Å². The van der Waals surface area contributed by atoms with Crippen LogP contribution in [0.4, 0.5) is 0 Å². The van der Waals surface area contributed by atoms with Crippen LogP contribution in [0, 0.1) is 6.92 Å². The van der Waals surface area contributed by atoms with Crippen LogP contribution in [0.5, 0.6) is 11.5 Å². The maximum absolute atomic E-state index is 9.17. The van der Waals surface area contributed by atoms with E-state index in [-0.39, 0.29) is 11.8 Å². The number of aryl methyl sites for hydroxylation is 1. The molecule has 0 spiro atoms. The molecule has 3 nitrogen and oxygen atoms in total. The fourth-order valence-corrected chi connectivity index (χ4v) is 1.82. The smallest absolute Gasteiger partial charge is 0.119 e. The van der Waals surface area contributed by atoms with Crippen molar-refractivity contribution >= 4 is 0 Å². The highest BCUT2D eigenvalue weighted by molar-refractivity contribution is 5.31. The van der Waals surface area contributed by atoms with E-state index in [0.717, 1.165) is 5.56 Å². The molecule has 2 aromatic rings. The highest BCUT2D eigenvalue weighted by Gasteiger charge is 2.09. The van der Waals surface area contributed by atoms with E-state index < -0.39 is 0 Å². The third-order valence-electron chi connectivity index (χ3n) is 2.85. The second-order valence-electron chi connectivity index (χ2n) is 4.27. The SMILES string of the molecule is Cc1ccccc1C(N)COc1ccc(O)cc1. The summed E-state index contributed by atoms with van der Waals surface area (Å²) in [5, 5.41) is 9.17. The predicted octanol–water partition coefficient (Wildman–Crippen LogP) is 2.78. The molecule has 0 aliphatic rings. The summed E-state index contributed by atoms with van der Waals surface area (Å²) in [5.41, 5.74) is 8.36. The minimum Gasteiger partial charge on any atom is -0.508 e. The lowest BCUT2D eigenvalue weighted by Gasteiger charge is -2.15. The Balaban J connectivity index is 1.98. The molecule has 94 valence electrons. The molecule has 3 N–H and O–H groups in total. The van der Waals surface area contributed by atoms with Gasteiger partial charge in [-0.2, -0.15) is 0 Å². The first-order valence-electron chi connectivity index (χ1n) is 5.90.